The van der Waals surface area contributed by atoms with Gasteiger partial charge in [0, 0.05) is 0 Å². The summed E-state index contributed by atoms with van der Waals surface area (Å²) in [5.41, 5.74) is 3.10. The topological polar surface area (TPSA) is 68.7 Å². The second-order valence-electron chi connectivity index (χ2n) is 5.45. The Balaban J connectivity index is 1.81. The maximum atomic E-state index is 10.6. The summed E-state index contributed by atoms with van der Waals surface area (Å²) in [6, 6.07) is 11.6. The smallest absolute Gasteiger partial charge is 0.341 e. The SMILES string of the molecule is COc1cc(C=Cc2nc3cc(C)ccc3s2)ccc1OCC(=O)O. The third-order valence-corrected chi connectivity index (χ3v) is 4.52. The van der Waals surface area contributed by atoms with Gasteiger partial charge in [0.15, 0.2) is 18.1 Å². The zero-order valence-electron chi connectivity index (χ0n) is 13.9. The van der Waals surface area contributed by atoms with Gasteiger partial charge in [-0.25, -0.2) is 9.78 Å². The molecule has 3 rings (SSSR count). The molecule has 2 aromatic carbocycles. The van der Waals surface area contributed by atoms with Gasteiger partial charge in [-0.05, 0) is 48.4 Å². The van der Waals surface area contributed by atoms with E-state index in [1.54, 1.807) is 23.5 Å². The van der Waals surface area contributed by atoms with Crippen LogP contribution in [-0.4, -0.2) is 29.8 Å². The zero-order chi connectivity index (χ0) is 17.8. The van der Waals surface area contributed by atoms with Gasteiger partial charge in [-0.15, -0.1) is 11.3 Å². The van der Waals surface area contributed by atoms with Crippen LogP contribution < -0.4 is 9.47 Å². The first-order chi connectivity index (χ1) is 12.0. The van der Waals surface area contributed by atoms with E-state index in [0.29, 0.717) is 11.5 Å². The molecule has 0 bridgehead atoms. The van der Waals surface area contributed by atoms with Crippen LogP contribution >= 0.6 is 11.3 Å². The number of fused-ring (bicyclic) bond motifs is 1. The highest BCUT2D eigenvalue weighted by atomic mass is 32.1. The van der Waals surface area contributed by atoms with Crippen molar-refractivity contribution in [3.05, 3.63) is 52.5 Å². The van der Waals surface area contributed by atoms with Gasteiger partial charge in [0.2, 0.25) is 0 Å². The molecular formula is C19H17NO4S. The van der Waals surface area contributed by atoms with Gasteiger partial charge in [-0.3, -0.25) is 0 Å². The van der Waals surface area contributed by atoms with E-state index in [2.05, 4.69) is 30.1 Å². The summed E-state index contributed by atoms with van der Waals surface area (Å²) in [5.74, 6) is -0.141. The molecule has 0 atom stereocenters. The second-order valence-corrected chi connectivity index (χ2v) is 6.51. The van der Waals surface area contributed by atoms with Crippen molar-refractivity contribution in [1.82, 2.24) is 4.98 Å². The summed E-state index contributed by atoms with van der Waals surface area (Å²) in [5, 5.41) is 9.62. The number of methoxy groups -OCH3 is 1. The molecule has 0 saturated carbocycles. The number of aryl methyl sites for hydroxylation is 1. The van der Waals surface area contributed by atoms with Gasteiger partial charge in [0.25, 0.3) is 0 Å². The summed E-state index contributed by atoms with van der Waals surface area (Å²) in [7, 11) is 1.52. The molecule has 0 saturated heterocycles. The molecule has 3 aromatic rings. The number of carboxylic acid groups (broad SMARTS) is 1. The predicted octanol–water partition coefficient (Wildman–Crippen LogP) is 4.25. The monoisotopic (exact) mass is 355 g/mol. The van der Waals surface area contributed by atoms with Crippen LogP contribution in [0.3, 0.4) is 0 Å². The number of thiazole rings is 1. The minimum Gasteiger partial charge on any atom is -0.493 e. The summed E-state index contributed by atoms with van der Waals surface area (Å²) in [6.45, 7) is 1.64. The molecule has 1 N–H and O–H groups in total. The van der Waals surface area contributed by atoms with E-state index in [1.165, 1.54) is 12.7 Å². The zero-order valence-corrected chi connectivity index (χ0v) is 14.7. The Morgan fingerprint density at radius 3 is 2.80 bits per heavy atom. The largest absolute Gasteiger partial charge is 0.493 e. The van der Waals surface area contributed by atoms with Crippen molar-refractivity contribution < 1.29 is 19.4 Å². The maximum absolute atomic E-state index is 10.6. The molecule has 0 amide bonds. The van der Waals surface area contributed by atoms with Crippen molar-refractivity contribution in [1.29, 1.82) is 0 Å². The Kier molecular flexibility index (Phi) is 5.00. The van der Waals surface area contributed by atoms with Crippen molar-refractivity contribution in [3.63, 3.8) is 0 Å². The van der Waals surface area contributed by atoms with Gasteiger partial charge >= 0.3 is 5.97 Å². The fourth-order valence-electron chi connectivity index (χ4n) is 2.34. The number of rotatable bonds is 6. The molecule has 0 aliphatic heterocycles. The van der Waals surface area contributed by atoms with Crippen LogP contribution in [-0.2, 0) is 4.79 Å². The number of carbonyl (C=O) groups is 1. The second kappa shape index (κ2) is 7.36. The Bertz CT molecular complexity index is 946. The minimum atomic E-state index is -1.03. The van der Waals surface area contributed by atoms with Crippen molar-refractivity contribution in [2.75, 3.05) is 13.7 Å². The van der Waals surface area contributed by atoms with Gasteiger partial charge in [0.1, 0.15) is 5.01 Å². The Labute approximate surface area is 149 Å². The van der Waals surface area contributed by atoms with Crippen LogP contribution in [0.1, 0.15) is 16.1 Å². The standard InChI is InChI=1S/C19H17NO4S/c1-12-3-7-17-14(9-12)20-18(25-17)8-5-13-4-6-15(16(10-13)23-2)24-11-19(21)22/h3-10H,11H2,1-2H3,(H,21,22). The number of hydrogen-bond acceptors (Lipinski definition) is 5. The first kappa shape index (κ1) is 17.0. The lowest BCUT2D eigenvalue weighted by Crippen LogP contribution is -2.10. The highest BCUT2D eigenvalue weighted by Crippen LogP contribution is 2.29. The molecule has 1 aromatic heterocycles. The minimum absolute atomic E-state index is 0.400. The molecule has 0 radical (unpaired) electrons. The summed E-state index contributed by atoms with van der Waals surface area (Å²) in [4.78, 5) is 15.2. The number of carboxylic acids is 1. The average Bonchev–Trinajstić information content (AvgIpc) is 3.00. The van der Waals surface area contributed by atoms with E-state index in [9.17, 15) is 4.79 Å². The fraction of sp³-hybridized carbons (Fsp3) is 0.158. The molecule has 0 spiro atoms. The Hall–Kier alpha value is -2.86. The highest BCUT2D eigenvalue weighted by Gasteiger charge is 2.07. The first-order valence-electron chi connectivity index (χ1n) is 7.63. The molecule has 5 nitrogen and oxygen atoms in total. The highest BCUT2D eigenvalue weighted by molar-refractivity contribution is 7.19. The summed E-state index contributed by atoms with van der Waals surface area (Å²) < 4.78 is 11.6. The molecule has 0 fully saturated rings. The van der Waals surface area contributed by atoms with Gasteiger partial charge in [0.05, 0.1) is 17.3 Å². The van der Waals surface area contributed by atoms with Crippen LogP contribution in [0.25, 0.3) is 22.4 Å². The lowest BCUT2D eigenvalue weighted by atomic mass is 10.2. The third kappa shape index (κ3) is 4.16. The molecule has 1 heterocycles. The average molecular weight is 355 g/mol. The van der Waals surface area contributed by atoms with E-state index in [-0.39, 0.29) is 0 Å². The number of aromatic nitrogens is 1. The van der Waals surface area contributed by atoms with Crippen LogP contribution in [0.4, 0.5) is 0 Å². The van der Waals surface area contributed by atoms with Crippen molar-refractivity contribution in [2.24, 2.45) is 0 Å². The molecule has 0 aliphatic carbocycles. The lowest BCUT2D eigenvalue weighted by molar-refractivity contribution is -0.139. The van der Waals surface area contributed by atoms with Crippen molar-refractivity contribution in [3.8, 4) is 11.5 Å². The fourth-order valence-corrected chi connectivity index (χ4v) is 3.19. The van der Waals surface area contributed by atoms with E-state index < -0.39 is 12.6 Å². The third-order valence-electron chi connectivity index (χ3n) is 3.52. The summed E-state index contributed by atoms with van der Waals surface area (Å²) >= 11 is 1.63. The quantitative estimate of drug-likeness (QED) is 0.716. The van der Waals surface area contributed by atoms with Crippen LogP contribution in [0.15, 0.2) is 36.4 Å². The number of aliphatic carboxylic acids is 1. The van der Waals surface area contributed by atoms with E-state index in [1.807, 2.05) is 18.2 Å². The van der Waals surface area contributed by atoms with Crippen LogP contribution in [0, 0.1) is 6.92 Å². The molecule has 25 heavy (non-hydrogen) atoms. The number of benzene rings is 2. The van der Waals surface area contributed by atoms with E-state index in [0.717, 1.165) is 20.8 Å². The van der Waals surface area contributed by atoms with Gasteiger partial charge in [-0.1, -0.05) is 18.2 Å². The first-order valence-corrected chi connectivity index (χ1v) is 8.45. The predicted molar refractivity (Wildman–Crippen MR) is 99.4 cm³/mol. The summed E-state index contributed by atoms with van der Waals surface area (Å²) in [6.07, 6.45) is 3.89. The normalized spacial score (nSPS) is 11.1. The Morgan fingerprint density at radius 1 is 1.20 bits per heavy atom. The number of ether oxygens (including phenoxy) is 2. The van der Waals surface area contributed by atoms with Crippen LogP contribution in [0.5, 0.6) is 11.5 Å². The van der Waals surface area contributed by atoms with Crippen molar-refractivity contribution >= 4 is 39.7 Å². The van der Waals surface area contributed by atoms with Gasteiger partial charge < -0.3 is 14.6 Å². The molecule has 0 unspecified atom stereocenters. The molecular weight excluding hydrogens is 338 g/mol. The van der Waals surface area contributed by atoms with Crippen molar-refractivity contribution in [2.45, 2.75) is 6.92 Å². The van der Waals surface area contributed by atoms with E-state index >= 15 is 0 Å². The van der Waals surface area contributed by atoms with Crippen LogP contribution in [0.2, 0.25) is 0 Å². The lowest BCUT2D eigenvalue weighted by Gasteiger charge is -2.09. The number of nitrogens with zero attached hydrogens (tertiary/aromatic N) is 1. The number of hydrogen-bond donors (Lipinski definition) is 1. The maximum Gasteiger partial charge on any atom is 0.341 e. The molecule has 128 valence electrons. The molecule has 0 aliphatic rings. The van der Waals surface area contributed by atoms with E-state index in [4.69, 9.17) is 14.6 Å². The Morgan fingerprint density at radius 2 is 2.04 bits per heavy atom. The van der Waals surface area contributed by atoms with Gasteiger partial charge in [-0.2, -0.15) is 0 Å². The molecule has 6 heteroatoms.